The fourth-order valence-corrected chi connectivity index (χ4v) is 1.72. The Morgan fingerprint density at radius 1 is 1.06 bits per heavy atom. The van der Waals surface area contributed by atoms with E-state index in [1.807, 2.05) is 55.4 Å². The SMILES string of the molecule is CC(C)C(O)C(NC(=O)NC(C)(C)C)C(C)(C)C. The van der Waals surface area contributed by atoms with Gasteiger partial charge in [-0.1, -0.05) is 34.6 Å². The first-order chi connectivity index (χ1) is 7.84. The molecule has 0 rings (SSSR count). The van der Waals surface area contributed by atoms with Gasteiger partial charge in [-0.05, 0) is 32.1 Å². The molecule has 2 atom stereocenters. The van der Waals surface area contributed by atoms with Crippen molar-refractivity contribution in [3.8, 4) is 0 Å². The van der Waals surface area contributed by atoms with Crippen LogP contribution in [0.2, 0.25) is 0 Å². The van der Waals surface area contributed by atoms with Crippen molar-refractivity contribution in [1.82, 2.24) is 10.6 Å². The fourth-order valence-electron chi connectivity index (χ4n) is 1.72. The summed E-state index contributed by atoms with van der Waals surface area (Å²) in [7, 11) is 0. The molecule has 108 valence electrons. The third kappa shape index (κ3) is 6.24. The predicted octanol–water partition coefficient (Wildman–Crippen LogP) is 2.52. The van der Waals surface area contributed by atoms with Crippen molar-refractivity contribution in [2.75, 3.05) is 0 Å². The van der Waals surface area contributed by atoms with E-state index in [2.05, 4.69) is 10.6 Å². The van der Waals surface area contributed by atoms with Gasteiger partial charge in [0.05, 0.1) is 12.1 Å². The summed E-state index contributed by atoms with van der Waals surface area (Å²) < 4.78 is 0. The summed E-state index contributed by atoms with van der Waals surface area (Å²) in [6, 6.07) is -0.512. The first-order valence-corrected chi connectivity index (χ1v) is 6.61. The molecule has 0 saturated heterocycles. The normalized spacial score (nSPS) is 16.3. The minimum Gasteiger partial charge on any atom is -0.391 e. The second-order valence-electron chi connectivity index (χ2n) is 7.43. The molecule has 2 unspecified atom stereocenters. The number of aliphatic hydroxyl groups is 1. The van der Waals surface area contributed by atoms with E-state index in [9.17, 15) is 9.90 Å². The van der Waals surface area contributed by atoms with Crippen molar-refractivity contribution in [3.05, 3.63) is 0 Å². The minimum absolute atomic E-state index is 0.101. The summed E-state index contributed by atoms with van der Waals surface area (Å²) in [5.74, 6) is 0.101. The Bertz CT molecular complexity index is 274. The minimum atomic E-state index is -0.560. The lowest BCUT2D eigenvalue weighted by Gasteiger charge is -2.37. The third-order valence-electron chi connectivity index (χ3n) is 2.73. The van der Waals surface area contributed by atoms with Gasteiger partial charge in [0.15, 0.2) is 0 Å². The molecule has 0 radical (unpaired) electrons. The van der Waals surface area contributed by atoms with Crippen LogP contribution in [-0.2, 0) is 0 Å². The van der Waals surface area contributed by atoms with E-state index >= 15 is 0 Å². The van der Waals surface area contributed by atoms with Crippen molar-refractivity contribution in [3.63, 3.8) is 0 Å². The fraction of sp³-hybridized carbons (Fsp3) is 0.929. The Kier molecular flexibility index (Phi) is 5.66. The van der Waals surface area contributed by atoms with E-state index in [0.717, 1.165) is 0 Å². The standard InChI is InChI=1S/C14H30N2O2/c1-9(2)10(17)11(13(3,4)5)15-12(18)16-14(6,7)8/h9-11,17H,1-8H3,(H2,15,16,18). The maximum atomic E-state index is 11.9. The van der Waals surface area contributed by atoms with Crippen LogP contribution in [0.4, 0.5) is 4.79 Å². The average Bonchev–Trinajstić information content (AvgIpc) is 2.08. The zero-order valence-electron chi connectivity index (χ0n) is 13.1. The van der Waals surface area contributed by atoms with Crippen molar-refractivity contribution >= 4 is 6.03 Å². The molecule has 0 spiro atoms. The Morgan fingerprint density at radius 2 is 1.50 bits per heavy atom. The van der Waals surface area contributed by atoms with Gasteiger partial charge in [-0.2, -0.15) is 0 Å². The highest BCUT2D eigenvalue weighted by molar-refractivity contribution is 5.75. The van der Waals surface area contributed by atoms with Crippen LogP contribution in [0, 0.1) is 11.3 Å². The summed E-state index contributed by atoms with van der Waals surface area (Å²) in [5, 5.41) is 16.0. The van der Waals surface area contributed by atoms with Crippen LogP contribution in [0.5, 0.6) is 0 Å². The van der Waals surface area contributed by atoms with E-state index in [1.54, 1.807) is 0 Å². The molecule has 3 N–H and O–H groups in total. The quantitative estimate of drug-likeness (QED) is 0.728. The Balaban J connectivity index is 4.77. The van der Waals surface area contributed by atoms with Crippen molar-refractivity contribution in [2.45, 2.75) is 73.1 Å². The molecule has 0 saturated carbocycles. The topological polar surface area (TPSA) is 61.4 Å². The third-order valence-corrected chi connectivity index (χ3v) is 2.73. The first-order valence-electron chi connectivity index (χ1n) is 6.61. The summed E-state index contributed by atoms with van der Waals surface area (Å²) in [6.07, 6.45) is -0.560. The zero-order chi connectivity index (χ0) is 14.7. The molecule has 0 aliphatic rings. The number of urea groups is 1. The molecule has 0 bridgehead atoms. The van der Waals surface area contributed by atoms with E-state index in [1.165, 1.54) is 0 Å². The molecule has 0 fully saturated rings. The lowest BCUT2D eigenvalue weighted by Crippen LogP contribution is -2.57. The van der Waals surface area contributed by atoms with Gasteiger partial charge in [0, 0.05) is 5.54 Å². The Labute approximate surface area is 112 Å². The lowest BCUT2D eigenvalue weighted by atomic mass is 9.80. The van der Waals surface area contributed by atoms with Gasteiger partial charge in [0.2, 0.25) is 0 Å². The number of nitrogens with one attached hydrogen (secondary N) is 2. The van der Waals surface area contributed by atoms with E-state index in [-0.39, 0.29) is 28.9 Å². The lowest BCUT2D eigenvalue weighted by molar-refractivity contribution is 0.0411. The highest BCUT2D eigenvalue weighted by Gasteiger charge is 2.34. The molecule has 18 heavy (non-hydrogen) atoms. The molecule has 4 nitrogen and oxygen atoms in total. The van der Waals surface area contributed by atoms with Crippen molar-refractivity contribution in [2.24, 2.45) is 11.3 Å². The second-order valence-corrected chi connectivity index (χ2v) is 7.43. The predicted molar refractivity (Wildman–Crippen MR) is 75.5 cm³/mol. The number of carbonyl (C=O) groups excluding carboxylic acids is 1. The van der Waals surface area contributed by atoms with Crippen LogP contribution in [0.15, 0.2) is 0 Å². The van der Waals surface area contributed by atoms with E-state index < -0.39 is 6.10 Å². The number of carbonyl (C=O) groups is 1. The highest BCUT2D eigenvalue weighted by Crippen LogP contribution is 2.25. The Morgan fingerprint density at radius 3 is 1.78 bits per heavy atom. The summed E-state index contributed by atoms with van der Waals surface area (Å²) in [6.45, 7) is 15.7. The summed E-state index contributed by atoms with van der Waals surface area (Å²) in [4.78, 5) is 11.9. The highest BCUT2D eigenvalue weighted by atomic mass is 16.3. The monoisotopic (exact) mass is 258 g/mol. The van der Waals surface area contributed by atoms with Gasteiger partial charge in [-0.15, -0.1) is 0 Å². The van der Waals surface area contributed by atoms with Gasteiger partial charge < -0.3 is 15.7 Å². The number of rotatable bonds is 3. The maximum absolute atomic E-state index is 11.9. The molecule has 4 heteroatoms. The Hall–Kier alpha value is -0.770. The van der Waals surface area contributed by atoms with Crippen LogP contribution in [-0.4, -0.2) is 28.8 Å². The van der Waals surface area contributed by atoms with E-state index in [0.29, 0.717) is 0 Å². The number of amides is 2. The van der Waals surface area contributed by atoms with Crippen LogP contribution in [0.3, 0.4) is 0 Å². The van der Waals surface area contributed by atoms with Gasteiger partial charge in [-0.3, -0.25) is 0 Å². The molecule has 2 amide bonds. The van der Waals surface area contributed by atoms with E-state index in [4.69, 9.17) is 0 Å². The van der Waals surface area contributed by atoms with Crippen molar-refractivity contribution < 1.29 is 9.90 Å². The number of aliphatic hydroxyl groups excluding tert-OH is 1. The van der Waals surface area contributed by atoms with Crippen LogP contribution in [0.25, 0.3) is 0 Å². The molecular weight excluding hydrogens is 228 g/mol. The van der Waals surface area contributed by atoms with Crippen LogP contribution >= 0.6 is 0 Å². The van der Waals surface area contributed by atoms with Crippen LogP contribution < -0.4 is 10.6 Å². The molecule has 0 aliphatic heterocycles. The van der Waals surface area contributed by atoms with Gasteiger partial charge >= 0.3 is 6.03 Å². The average molecular weight is 258 g/mol. The molecule has 0 aromatic heterocycles. The first kappa shape index (κ1) is 17.2. The van der Waals surface area contributed by atoms with Gasteiger partial charge in [0.1, 0.15) is 0 Å². The molecule has 0 aromatic carbocycles. The number of hydrogen-bond donors (Lipinski definition) is 3. The summed E-state index contributed by atoms with van der Waals surface area (Å²) >= 11 is 0. The van der Waals surface area contributed by atoms with Crippen molar-refractivity contribution in [1.29, 1.82) is 0 Å². The maximum Gasteiger partial charge on any atom is 0.315 e. The molecular formula is C14H30N2O2. The van der Waals surface area contributed by atoms with Gasteiger partial charge in [0.25, 0.3) is 0 Å². The smallest absolute Gasteiger partial charge is 0.315 e. The molecule has 0 heterocycles. The largest absolute Gasteiger partial charge is 0.391 e. The zero-order valence-corrected chi connectivity index (χ0v) is 13.1. The summed E-state index contributed by atoms with van der Waals surface area (Å²) in [5.41, 5.74) is -0.478. The second kappa shape index (κ2) is 5.91. The molecule has 0 aliphatic carbocycles. The number of hydrogen-bond acceptors (Lipinski definition) is 2. The van der Waals surface area contributed by atoms with Gasteiger partial charge in [-0.25, -0.2) is 4.79 Å². The molecule has 0 aromatic rings. The van der Waals surface area contributed by atoms with Crippen LogP contribution in [0.1, 0.15) is 55.4 Å².